The number of Topliss-reactive ketones (excluding diaryl/α,β-unsaturated/α-hetero) is 1. The standard InChI is InChI=1S/C24H19ClFN3O2/c1-29-13-17(14-5-8-16(26)9-6-14)21(22(30)20-4-2-3-11-27-20)24(29)18-12-15(25)7-10-19(18)28-23(24)31/h2-12,17,21H,13H2,1H3,(H,28,31)/t17-,21+,24+/m1/s1. The molecule has 31 heavy (non-hydrogen) atoms. The number of carbonyl (C=O) groups is 2. The first-order chi connectivity index (χ1) is 14.9. The van der Waals surface area contributed by atoms with Crippen molar-refractivity contribution >= 4 is 29.0 Å². The molecule has 2 aliphatic rings. The number of likely N-dealkylation sites (N-methyl/N-ethyl adjacent to an activating group) is 1. The maximum atomic E-state index is 13.9. The summed E-state index contributed by atoms with van der Waals surface area (Å²) >= 11 is 6.30. The number of hydrogen-bond donors (Lipinski definition) is 1. The van der Waals surface area contributed by atoms with Crippen LogP contribution in [0.2, 0.25) is 5.02 Å². The van der Waals surface area contributed by atoms with Gasteiger partial charge in [-0.3, -0.25) is 19.5 Å². The molecule has 5 rings (SSSR count). The largest absolute Gasteiger partial charge is 0.324 e. The molecule has 0 radical (unpaired) electrons. The molecule has 1 saturated heterocycles. The van der Waals surface area contributed by atoms with Gasteiger partial charge in [-0.2, -0.15) is 0 Å². The molecule has 0 saturated carbocycles. The van der Waals surface area contributed by atoms with Crippen LogP contribution in [0.1, 0.15) is 27.5 Å². The van der Waals surface area contributed by atoms with Gasteiger partial charge in [0.25, 0.3) is 0 Å². The molecule has 1 N–H and O–H groups in total. The molecule has 1 fully saturated rings. The number of hydrogen-bond acceptors (Lipinski definition) is 4. The molecule has 3 atom stereocenters. The number of amides is 1. The number of fused-ring (bicyclic) bond motifs is 2. The smallest absolute Gasteiger partial charge is 0.250 e. The first kappa shape index (κ1) is 19.8. The van der Waals surface area contributed by atoms with Gasteiger partial charge in [0.2, 0.25) is 5.91 Å². The molecule has 1 amide bonds. The second kappa shape index (κ2) is 7.25. The maximum Gasteiger partial charge on any atom is 0.250 e. The van der Waals surface area contributed by atoms with Crippen molar-refractivity contribution < 1.29 is 14.0 Å². The molecular formula is C24H19ClFN3O2. The summed E-state index contributed by atoms with van der Waals surface area (Å²) in [5.41, 5.74) is 1.15. The fourth-order valence-electron chi connectivity index (χ4n) is 5.09. The molecule has 0 aliphatic carbocycles. The number of aromatic nitrogens is 1. The Bertz CT molecular complexity index is 1190. The summed E-state index contributed by atoms with van der Waals surface area (Å²) in [7, 11) is 1.83. The van der Waals surface area contributed by atoms with E-state index in [0.717, 1.165) is 5.56 Å². The lowest BCUT2D eigenvalue weighted by Crippen LogP contribution is -2.51. The molecule has 1 aromatic heterocycles. The fraction of sp³-hybridized carbons (Fsp3) is 0.208. The summed E-state index contributed by atoms with van der Waals surface area (Å²) in [4.78, 5) is 33.6. The predicted molar refractivity (Wildman–Crippen MR) is 116 cm³/mol. The summed E-state index contributed by atoms with van der Waals surface area (Å²) in [6, 6.07) is 16.5. The Morgan fingerprint density at radius 1 is 1.19 bits per heavy atom. The highest BCUT2D eigenvalue weighted by molar-refractivity contribution is 6.31. The van der Waals surface area contributed by atoms with Crippen molar-refractivity contribution in [3.05, 3.63) is 94.5 Å². The Morgan fingerprint density at radius 3 is 2.68 bits per heavy atom. The van der Waals surface area contributed by atoms with Gasteiger partial charge in [-0.15, -0.1) is 0 Å². The third-order valence-electron chi connectivity index (χ3n) is 6.41. The van der Waals surface area contributed by atoms with Crippen LogP contribution in [0.3, 0.4) is 0 Å². The quantitative estimate of drug-likeness (QED) is 0.625. The van der Waals surface area contributed by atoms with Crippen LogP contribution < -0.4 is 5.32 Å². The monoisotopic (exact) mass is 435 g/mol. The highest BCUT2D eigenvalue weighted by Crippen LogP contribution is 2.55. The molecule has 3 aromatic rings. The van der Waals surface area contributed by atoms with Gasteiger partial charge < -0.3 is 5.32 Å². The van der Waals surface area contributed by atoms with Gasteiger partial charge in [-0.25, -0.2) is 4.39 Å². The highest BCUT2D eigenvalue weighted by Gasteiger charge is 2.64. The summed E-state index contributed by atoms with van der Waals surface area (Å²) in [6.07, 6.45) is 1.56. The molecule has 7 heteroatoms. The topological polar surface area (TPSA) is 62.3 Å². The minimum Gasteiger partial charge on any atom is -0.324 e. The van der Waals surface area contributed by atoms with Crippen LogP contribution in [0.15, 0.2) is 66.9 Å². The normalized spacial score (nSPS) is 24.9. The molecule has 156 valence electrons. The second-order valence-corrected chi connectivity index (χ2v) is 8.44. The lowest BCUT2D eigenvalue weighted by Gasteiger charge is -2.35. The molecule has 0 bridgehead atoms. The van der Waals surface area contributed by atoms with E-state index in [-0.39, 0.29) is 29.1 Å². The minimum absolute atomic E-state index is 0.234. The second-order valence-electron chi connectivity index (χ2n) is 8.01. The Kier molecular flexibility index (Phi) is 4.64. The zero-order chi connectivity index (χ0) is 21.8. The first-order valence-electron chi connectivity index (χ1n) is 9.96. The first-order valence-corrected chi connectivity index (χ1v) is 10.3. The number of pyridine rings is 1. The number of likely N-dealkylation sites (tertiary alicyclic amines) is 1. The van der Waals surface area contributed by atoms with Crippen LogP contribution >= 0.6 is 11.6 Å². The van der Waals surface area contributed by atoms with Gasteiger partial charge in [0.05, 0.1) is 5.92 Å². The van der Waals surface area contributed by atoms with E-state index < -0.39 is 11.5 Å². The Balaban J connectivity index is 1.74. The van der Waals surface area contributed by atoms with E-state index in [2.05, 4.69) is 10.3 Å². The van der Waals surface area contributed by atoms with E-state index in [4.69, 9.17) is 11.6 Å². The van der Waals surface area contributed by atoms with Crippen molar-refractivity contribution in [3.8, 4) is 0 Å². The van der Waals surface area contributed by atoms with E-state index in [1.54, 1.807) is 54.7 Å². The van der Waals surface area contributed by atoms with Crippen molar-refractivity contribution in [3.63, 3.8) is 0 Å². The van der Waals surface area contributed by atoms with Gasteiger partial charge in [-0.1, -0.05) is 29.8 Å². The van der Waals surface area contributed by atoms with Gasteiger partial charge in [-0.05, 0) is 55.1 Å². The van der Waals surface area contributed by atoms with Crippen LogP contribution in [-0.4, -0.2) is 35.2 Å². The third kappa shape index (κ3) is 2.90. The van der Waals surface area contributed by atoms with Crippen molar-refractivity contribution in [2.75, 3.05) is 18.9 Å². The number of benzene rings is 2. The van der Waals surface area contributed by atoms with Crippen molar-refractivity contribution in [2.24, 2.45) is 5.92 Å². The lowest BCUT2D eigenvalue weighted by molar-refractivity contribution is -0.126. The SMILES string of the molecule is CN1C[C@H](c2ccc(F)cc2)[C@@H](C(=O)c2ccccn2)[C@@]12C(=O)Nc1ccc(Cl)cc12. The zero-order valence-corrected chi connectivity index (χ0v) is 17.4. The average Bonchev–Trinajstić information content (AvgIpc) is 3.24. The van der Waals surface area contributed by atoms with Crippen LogP contribution in [0.5, 0.6) is 0 Å². The van der Waals surface area contributed by atoms with Gasteiger partial charge >= 0.3 is 0 Å². The van der Waals surface area contributed by atoms with Crippen molar-refractivity contribution in [1.29, 1.82) is 0 Å². The number of nitrogens with zero attached hydrogens (tertiary/aromatic N) is 2. The van der Waals surface area contributed by atoms with E-state index in [9.17, 15) is 14.0 Å². The van der Waals surface area contributed by atoms with Gasteiger partial charge in [0, 0.05) is 34.9 Å². The predicted octanol–water partition coefficient (Wildman–Crippen LogP) is 4.25. The Hall–Kier alpha value is -3.09. The average molecular weight is 436 g/mol. The third-order valence-corrected chi connectivity index (χ3v) is 6.64. The summed E-state index contributed by atoms with van der Waals surface area (Å²) in [6.45, 7) is 0.439. The van der Waals surface area contributed by atoms with Gasteiger partial charge in [0.15, 0.2) is 5.78 Å². The fourth-order valence-corrected chi connectivity index (χ4v) is 5.26. The van der Waals surface area contributed by atoms with Crippen molar-refractivity contribution in [2.45, 2.75) is 11.5 Å². The number of rotatable bonds is 3. The van der Waals surface area contributed by atoms with Gasteiger partial charge in [0.1, 0.15) is 17.1 Å². The Morgan fingerprint density at radius 2 is 1.97 bits per heavy atom. The Labute approximate surface area is 183 Å². The molecule has 3 heterocycles. The highest BCUT2D eigenvalue weighted by atomic mass is 35.5. The number of anilines is 1. The van der Waals surface area contributed by atoms with Crippen LogP contribution in [0.25, 0.3) is 0 Å². The van der Waals surface area contributed by atoms with E-state index in [1.807, 2.05) is 11.9 Å². The van der Waals surface area contributed by atoms with E-state index >= 15 is 0 Å². The number of carbonyl (C=O) groups excluding carboxylic acids is 2. The molecule has 2 aliphatic heterocycles. The maximum absolute atomic E-state index is 13.9. The molecule has 0 unspecified atom stereocenters. The number of nitrogens with one attached hydrogen (secondary N) is 1. The molecule has 5 nitrogen and oxygen atoms in total. The summed E-state index contributed by atoms with van der Waals surface area (Å²) in [5.74, 6) is -1.96. The summed E-state index contributed by atoms with van der Waals surface area (Å²) < 4.78 is 13.6. The van der Waals surface area contributed by atoms with E-state index in [1.165, 1.54) is 12.1 Å². The molecule has 2 aromatic carbocycles. The van der Waals surface area contributed by atoms with Crippen LogP contribution in [0, 0.1) is 11.7 Å². The zero-order valence-electron chi connectivity index (χ0n) is 16.7. The van der Waals surface area contributed by atoms with Crippen molar-refractivity contribution in [1.82, 2.24) is 9.88 Å². The van der Waals surface area contributed by atoms with Crippen LogP contribution in [0.4, 0.5) is 10.1 Å². The summed E-state index contributed by atoms with van der Waals surface area (Å²) in [5, 5.41) is 3.42. The number of ketones is 1. The molecular weight excluding hydrogens is 417 g/mol. The molecule has 1 spiro atoms. The number of halogens is 2. The van der Waals surface area contributed by atoms with E-state index in [0.29, 0.717) is 22.8 Å². The lowest BCUT2D eigenvalue weighted by atomic mass is 9.71. The minimum atomic E-state index is -1.24. The van der Waals surface area contributed by atoms with Crippen LogP contribution in [-0.2, 0) is 10.3 Å².